The number of hydrogen-bond donors (Lipinski definition) is 1. The Bertz CT molecular complexity index is 274. The number of nitrogens with one attached hydrogen (secondary N) is 1. The molecule has 0 aliphatic carbocycles. The largest absolute Gasteiger partial charge is 0.342 e. The maximum atomic E-state index is 12.6. The number of carbonyl (C=O) groups excluding carboxylic acids is 1. The van der Waals surface area contributed by atoms with Crippen LogP contribution in [-0.4, -0.2) is 37.0 Å². The Morgan fingerprint density at radius 1 is 1.41 bits per heavy atom. The van der Waals surface area contributed by atoms with E-state index in [1.54, 1.807) is 0 Å². The van der Waals surface area contributed by atoms with Crippen LogP contribution in [0, 0.1) is 10.8 Å². The average molecular weight is 240 g/mol. The van der Waals surface area contributed by atoms with Crippen molar-refractivity contribution < 1.29 is 4.79 Å². The fourth-order valence-electron chi connectivity index (χ4n) is 2.42. The van der Waals surface area contributed by atoms with Gasteiger partial charge in [-0.3, -0.25) is 4.79 Å². The van der Waals surface area contributed by atoms with Gasteiger partial charge in [0.15, 0.2) is 0 Å². The van der Waals surface area contributed by atoms with E-state index in [-0.39, 0.29) is 22.8 Å². The molecule has 1 amide bonds. The Hall–Kier alpha value is -0.570. The van der Waals surface area contributed by atoms with Crippen LogP contribution >= 0.6 is 0 Å². The predicted molar refractivity (Wildman–Crippen MR) is 71.9 cm³/mol. The summed E-state index contributed by atoms with van der Waals surface area (Å²) in [5.74, 6) is 0.284. The first-order valence-electron chi connectivity index (χ1n) is 6.66. The topological polar surface area (TPSA) is 32.3 Å². The zero-order valence-electron chi connectivity index (χ0n) is 12.3. The van der Waals surface area contributed by atoms with Gasteiger partial charge in [-0.05, 0) is 38.6 Å². The third-order valence-electron chi connectivity index (χ3n) is 4.27. The maximum Gasteiger partial charge on any atom is 0.229 e. The number of piperidine rings is 1. The van der Waals surface area contributed by atoms with Crippen LogP contribution in [0.25, 0.3) is 0 Å². The lowest BCUT2D eigenvalue weighted by Gasteiger charge is -2.42. The molecule has 100 valence electrons. The van der Waals surface area contributed by atoms with E-state index >= 15 is 0 Å². The second-order valence-electron chi connectivity index (χ2n) is 6.80. The summed E-state index contributed by atoms with van der Waals surface area (Å²) in [5.41, 5.74) is -0.0879. The molecule has 2 unspecified atom stereocenters. The molecule has 2 atom stereocenters. The molecule has 17 heavy (non-hydrogen) atoms. The summed E-state index contributed by atoms with van der Waals surface area (Å²) in [6.45, 7) is 12.6. The summed E-state index contributed by atoms with van der Waals surface area (Å²) < 4.78 is 0. The van der Waals surface area contributed by atoms with Crippen molar-refractivity contribution >= 4 is 5.91 Å². The minimum Gasteiger partial charge on any atom is -0.342 e. The monoisotopic (exact) mass is 240 g/mol. The van der Waals surface area contributed by atoms with Gasteiger partial charge in [-0.25, -0.2) is 0 Å². The van der Waals surface area contributed by atoms with Gasteiger partial charge in [-0.2, -0.15) is 0 Å². The van der Waals surface area contributed by atoms with Crippen LogP contribution in [-0.2, 0) is 4.79 Å². The molecule has 0 spiro atoms. The van der Waals surface area contributed by atoms with Gasteiger partial charge < -0.3 is 10.2 Å². The van der Waals surface area contributed by atoms with E-state index in [0.29, 0.717) is 0 Å². The molecular formula is C14H28N2O. The van der Waals surface area contributed by atoms with Crippen LogP contribution < -0.4 is 5.32 Å². The lowest BCUT2D eigenvalue weighted by molar-refractivity contribution is -0.144. The molecule has 0 bridgehead atoms. The molecule has 0 aromatic rings. The lowest BCUT2D eigenvalue weighted by Crippen LogP contribution is -2.53. The molecule has 3 nitrogen and oxygen atoms in total. The van der Waals surface area contributed by atoms with Crippen LogP contribution in [0.1, 0.15) is 47.5 Å². The molecule has 1 N–H and O–H groups in total. The lowest BCUT2D eigenvalue weighted by atomic mass is 9.79. The molecule has 1 fully saturated rings. The Labute approximate surface area is 106 Å². The second-order valence-corrected chi connectivity index (χ2v) is 6.80. The van der Waals surface area contributed by atoms with Gasteiger partial charge in [-0.15, -0.1) is 0 Å². The van der Waals surface area contributed by atoms with Crippen molar-refractivity contribution in [3.8, 4) is 0 Å². The molecule has 1 rings (SSSR count). The first-order valence-corrected chi connectivity index (χ1v) is 6.66. The van der Waals surface area contributed by atoms with Crippen molar-refractivity contribution in [3.05, 3.63) is 0 Å². The smallest absolute Gasteiger partial charge is 0.229 e. The quantitative estimate of drug-likeness (QED) is 0.803. The summed E-state index contributed by atoms with van der Waals surface area (Å²) in [7, 11) is 1.94. The van der Waals surface area contributed by atoms with E-state index in [4.69, 9.17) is 0 Å². The Kier molecular flexibility index (Phi) is 4.23. The number of carbonyl (C=O) groups is 1. The fourth-order valence-corrected chi connectivity index (χ4v) is 2.42. The van der Waals surface area contributed by atoms with Crippen LogP contribution in [0.2, 0.25) is 0 Å². The summed E-state index contributed by atoms with van der Waals surface area (Å²) in [6, 6.07) is 0.258. The van der Waals surface area contributed by atoms with Gasteiger partial charge in [0.25, 0.3) is 0 Å². The molecule has 1 saturated heterocycles. The molecular weight excluding hydrogens is 212 g/mol. The van der Waals surface area contributed by atoms with Gasteiger partial charge in [0, 0.05) is 19.6 Å². The molecule has 3 heteroatoms. The number of hydrogen-bond acceptors (Lipinski definition) is 2. The predicted octanol–water partition coefficient (Wildman–Crippen LogP) is 2.27. The third kappa shape index (κ3) is 3.21. The van der Waals surface area contributed by atoms with Crippen LogP contribution in [0.3, 0.4) is 0 Å². The summed E-state index contributed by atoms with van der Waals surface area (Å²) in [4.78, 5) is 14.5. The molecule has 1 aliphatic heterocycles. The van der Waals surface area contributed by atoms with Crippen molar-refractivity contribution in [3.63, 3.8) is 0 Å². The van der Waals surface area contributed by atoms with Crippen LogP contribution in [0.5, 0.6) is 0 Å². The second kappa shape index (κ2) is 4.97. The van der Waals surface area contributed by atoms with Crippen molar-refractivity contribution in [2.75, 3.05) is 20.1 Å². The highest BCUT2D eigenvalue weighted by Gasteiger charge is 2.39. The number of nitrogens with zero attached hydrogens (tertiary/aromatic N) is 1. The minimum absolute atomic E-state index is 0.128. The standard InChI is InChI=1S/C14H28N2O/c1-11(13(2,3)4)16(6)12(17)14(5)8-7-9-15-10-14/h11,15H,7-10H2,1-6H3. The Balaban J connectivity index is 2.75. The van der Waals surface area contributed by atoms with E-state index < -0.39 is 0 Å². The normalized spacial score (nSPS) is 27.6. The molecule has 0 saturated carbocycles. The highest BCUT2D eigenvalue weighted by Crippen LogP contribution is 2.31. The van der Waals surface area contributed by atoms with E-state index in [0.717, 1.165) is 25.9 Å². The van der Waals surface area contributed by atoms with Crippen molar-refractivity contribution in [2.45, 2.75) is 53.5 Å². The zero-order valence-corrected chi connectivity index (χ0v) is 12.3. The summed E-state index contributed by atoms with van der Waals surface area (Å²) in [6.07, 6.45) is 2.10. The number of amides is 1. The van der Waals surface area contributed by atoms with Crippen LogP contribution in [0.4, 0.5) is 0 Å². The van der Waals surface area contributed by atoms with Gasteiger partial charge in [0.2, 0.25) is 5.91 Å². The van der Waals surface area contributed by atoms with E-state index in [1.807, 2.05) is 11.9 Å². The van der Waals surface area contributed by atoms with E-state index in [2.05, 4.69) is 39.9 Å². The minimum atomic E-state index is -0.216. The molecule has 1 aliphatic rings. The Morgan fingerprint density at radius 3 is 2.41 bits per heavy atom. The van der Waals surface area contributed by atoms with Gasteiger partial charge in [-0.1, -0.05) is 20.8 Å². The average Bonchev–Trinajstić information content (AvgIpc) is 2.26. The highest BCUT2D eigenvalue weighted by atomic mass is 16.2. The number of rotatable bonds is 2. The highest BCUT2D eigenvalue weighted by molar-refractivity contribution is 5.82. The summed E-state index contributed by atoms with van der Waals surface area (Å²) >= 11 is 0. The van der Waals surface area contributed by atoms with Gasteiger partial charge >= 0.3 is 0 Å². The van der Waals surface area contributed by atoms with Gasteiger partial charge in [0.1, 0.15) is 0 Å². The molecule has 0 aromatic heterocycles. The maximum absolute atomic E-state index is 12.6. The van der Waals surface area contributed by atoms with E-state index in [9.17, 15) is 4.79 Å². The first-order chi connectivity index (χ1) is 7.68. The van der Waals surface area contributed by atoms with Crippen molar-refractivity contribution in [2.24, 2.45) is 10.8 Å². The Morgan fingerprint density at radius 2 is 2.00 bits per heavy atom. The zero-order chi connectivity index (χ0) is 13.3. The molecule has 0 radical (unpaired) electrons. The third-order valence-corrected chi connectivity index (χ3v) is 4.27. The molecule has 0 aromatic carbocycles. The van der Waals surface area contributed by atoms with Gasteiger partial charge in [0.05, 0.1) is 5.41 Å². The molecule has 1 heterocycles. The fraction of sp³-hybridized carbons (Fsp3) is 0.929. The summed E-state index contributed by atoms with van der Waals surface area (Å²) in [5, 5.41) is 3.34. The van der Waals surface area contributed by atoms with Crippen LogP contribution in [0.15, 0.2) is 0 Å². The van der Waals surface area contributed by atoms with E-state index in [1.165, 1.54) is 0 Å². The SMILES string of the molecule is CC(N(C)C(=O)C1(C)CCCNC1)C(C)(C)C. The first kappa shape index (κ1) is 14.5. The van der Waals surface area contributed by atoms with Crippen molar-refractivity contribution in [1.82, 2.24) is 10.2 Å². The van der Waals surface area contributed by atoms with Crippen molar-refractivity contribution in [1.29, 1.82) is 0 Å².